The molecule has 3 aliphatic heterocycles. The number of aliphatic hydroxyl groups is 1. The van der Waals surface area contributed by atoms with Crippen molar-refractivity contribution in [2.45, 2.75) is 32.5 Å². The molecule has 2 aromatic rings. The Morgan fingerprint density at radius 2 is 1.81 bits per heavy atom. The van der Waals surface area contributed by atoms with Crippen molar-refractivity contribution < 1.29 is 19.1 Å². The molecule has 3 amide bonds. The zero-order valence-electron chi connectivity index (χ0n) is 21.4. The number of fused-ring (bicyclic) bond motifs is 1. The number of benzene rings is 1. The lowest BCUT2D eigenvalue weighted by Gasteiger charge is -2.35. The molecule has 3 aliphatic rings. The van der Waals surface area contributed by atoms with Crippen LogP contribution in [0, 0.1) is 5.82 Å². The van der Waals surface area contributed by atoms with Crippen molar-refractivity contribution in [3.05, 3.63) is 59.2 Å². The average molecular weight is 511 g/mol. The van der Waals surface area contributed by atoms with Gasteiger partial charge in [-0.2, -0.15) is 0 Å². The van der Waals surface area contributed by atoms with E-state index in [0.717, 1.165) is 43.0 Å². The standard InChI is InChI=1S/C27H35FN6O3/c1-20(35)31-9-11-32(12-10-31)23-6-5-22(29-15-23)16-33-13-14-34(27(33)37)18-24(36)17-30-8-7-21-3-2-4-26(28)25(21)19-30/h2-6,15,24,36H,7-14,16-19H2,1H3. The molecule has 0 spiro atoms. The van der Waals surface area contributed by atoms with Crippen LogP contribution in [-0.4, -0.2) is 107 Å². The van der Waals surface area contributed by atoms with E-state index in [0.29, 0.717) is 51.4 Å². The van der Waals surface area contributed by atoms with Gasteiger partial charge in [-0.05, 0) is 30.2 Å². The zero-order chi connectivity index (χ0) is 25.9. The number of amides is 3. The number of urea groups is 1. The highest BCUT2D eigenvalue weighted by molar-refractivity contribution is 5.76. The molecule has 37 heavy (non-hydrogen) atoms. The van der Waals surface area contributed by atoms with E-state index in [1.165, 1.54) is 6.07 Å². The molecule has 2 saturated heterocycles. The van der Waals surface area contributed by atoms with Gasteiger partial charge in [0.2, 0.25) is 5.91 Å². The van der Waals surface area contributed by atoms with E-state index >= 15 is 0 Å². The second-order valence-corrected chi connectivity index (χ2v) is 10.2. The van der Waals surface area contributed by atoms with Gasteiger partial charge in [0, 0.05) is 77.9 Å². The number of piperazine rings is 1. The van der Waals surface area contributed by atoms with Crippen LogP contribution in [0.4, 0.5) is 14.9 Å². The number of carbonyl (C=O) groups excluding carboxylic acids is 2. The minimum atomic E-state index is -0.696. The Kier molecular flexibility index (Phi) is 7.57. The molecule has 0 saturated carbocycles. The number of hydrogen-bond acceptors (Lipinski definition) is 6. The summed E-state index contributed by atoms with van der Waals surface area (Å²) >= 11 is 0. The normalized spacial score (nSPS) is 19.4. The van der Waals surface area contributed by atoms with E-state index in [9.17, 15) is 19.1 Å². The Balaban J connectivity index is 1.09. The maximum Gasteiger partial charge on any atom is 0.320 e. The predicted molar refractivity (Wildman–Crippen MR) is 137 cm³/mol. The first-order valence-electron chi connectivity index (χ1n) is 13.0. The molecule has 9 nitrogen and oxygen atoms in total. The molecule has 10 heteroatoms. The van der Waals surface area contributed by atoms with Gasteiger partial charge in [-0.1, -0.05) is 12.1 Å². The lowest BCUT2D eigenvalue weighted by Crippen LogP contribution is -2.48. The molecule has 1 unspecified atom stereocenters. The fourth-order valence-corrected chi connectivity index (χ4v) is 5.48. The van der Waals surface area contributed by atoms with Crippen LogP contribution in [0.2, 0.25) is 0 Å². The van der Waals surface area contributed by atoms with Crippen molar-refractivity contribution in [2.24, 2.45) is 0 Å². The second kappa shape index (κ2) is 11.0. The minimum absolute atomic E-state index is 0.0969. The number of halogens is 1. The number of aromatic nitrogens is 1. The fraction of sp³-hybridized carbons (Fsp3) is 0.519. The summed E-state index contributed by atoms with van der Waals surface area (Å²) in [6.07, 6.45) is 1.90. The number of anilines is 1. The molecule has 198 valence electrons. The Morgan fingerprint density at radius 3 is 2.54 bits per heavy atom. The van der Waals surface area contributed by atoms with Crippen LogP contribution >= 0.6 is 0 Å². The van der Waals surface area contributed by atoms with Crippen LogP contribution in [0.5, 0.6) is 0 Å². The summed E-state index contributed by atoms with van der Waals surface area (Å²) in [6.45, 7) is 8.06. The number of carbonyl (C=O) groups is 2. The third-order valence-electron chi connectivity index (χ3n) is 7.63. The molecule has 5 rings (SSSR count). The van der Waals surface area contributed by atoms with Gasteiger partial charge in [0.25, 0.3) is 0 Å². The monoisotopic (exact) mass is 510 g/mol. The number of aliphatic hydroxyl groups excluding tert-OH is 1. The summed E-state index contributed by atoms with van der Waals surface area (Å²) in [5.41, 5.74) is 3.58. The van der Waals surface area contributed by atoms with Crippen LogP contribution in [0.1, 0.15) is 23.7 Å². The van der Waals surface area contributed by atoms with Crippen molar-refractivity contribution in [3.63, 3.8) is 0 Å². The molecule has 2 fully saturated rings. The van der Waals surface area contributed by atoms with Crippen molar-refractivity contribution in [2.75, 3.05) is 63.8 Å². The molecule has 0 bridgehead atoms. The number of hydrogen-bond donors (Lipinski definition) is 1. The van der Waals surface area contributed by atoms with Gasteiger partial charge in [-0.25, -0.2) is 9.18 Å². The first-order chi connectivity index (χ1) is 17.9. The van der Waals surface area contributed by atoms with E-state index < -0.39 is 6.10 Å². The number of rotatable bonds is 7. The van der Waals surface area contributed by atoms with Gasteiger partial charge in [-0.3, -0.25) is 14.7 Å². The van der Waals surface area contributed by atoms with Gasteiger partial charge in [-0.15, -0.1) is 0 Å². The zero-order valence-corrected chi connectivity index (χ0v) is 21.4. The van der Waals surface area contributed by atoms with Gasteiger partial charge in [0.05, 0.1) is 30.2 Å². The third kappa shape index (κ3) is 5.86. The quantitative estimate of drug-likeness (QED) is 0.609. The first-order valence-corrected chi connectivity index (χ1v) is 13.0. The summed E-state index contributed by atoms with van der Waals surface area (Å²) in [5.74, 6) is -0.0862. The van der Waals surface area contributed by atoms with E-state index in [-0.39, 0.29) is 24.3 Å². The Labute approximate surface area is 217 Å². The molecular weight excluding hydrogens is 475 g/mol. The Bertz CT molecular complexity index is 1120. The fourth-order valence-electron chi connectivity index (χ4n) is 5.48. The van der Waals surface area contributed by atoms with Gasteiger partial charge in [0.1, 0.15) is 5.82 Å². The largest absolute Gasteiger partial charge is 0.390 e. The third-order valence-corrected chi connectivity index (χ3v) is 7.63. The van der Waals surface area contributed by atoms with Gasteiger partial charge >= 0.3 is 6.03 Å². The topological polar surface area (TPSA) is 83.5 Å². The molecule has 1 aromatic carbocycles. The van der Waals surface area contributed by atoms with E-state index in [1.807, 2.05) is 29.3 Å². The number of β-amino-alcohol motifs (C(OH)–C–C–N with tert-alkyl or cyclic N) is 1. The molecular formula is C27H35FN6O3. The van der Waals surface area contributed by atoms with Crippen molar-refractivity contribution in [1.82, 2.24) is 24.6 Å². The second-order valence-electron chi connectivity index (χ2n) is 10.2. The lowest BCUT2D eigenvalue weighted by molar-refractivity contribution is -0.129. The molecule has 1 aromatic heterocycles. The van der Waals surface area contributed by atoms with Crippen molar-refractivity contribution in [1.29, 1.82) is 0 Å². The number of pyridine rings is 1. The SMILES string of the molecule is CC(=O)N1CCN(c2ccc(CN3CCN(CC(O)CN4CCc5cccc(F)c5C4)C3=O)nc2)CC1. The van der Waals surface area contributed by atoms with E-state index in [4.69, 9.17) is 0 Å². The van der Waals surface area contributed by atoms with Crippen LogP contribution < -0.4 is 4.90 Å². The van der Waals surface area contributed by atoms with E-state index in [2.05, 4.69) is 14.8 Å². The first kappa shape index (κ1) is 25.4. The molecule has 0 aliphatic carbocycles. The smallest absolute Gasteiger partial charge is 0.320 e. The summed E-state index contributed by atoms with van der Waals surface area (Å²) in [6, 6.07) is 9.06. The summed E-state index contributed by atoms with van der Waals surface area (Å²) in [5, 5.41) is 10.7. The average Bonchev–Trinajstić information content (AvgIpc) is 3.23. The highest BCUT2D eigenvalue weighted by Crippen LogP contribution is 2.22. The maximum absolute atomic E-state index is 14.2. The Morgan fingerprint density at radius 1 is 1.03 bits per heavy atom. The van der Waals surface area contributed by atoms with Gasteiger partial charge < -0.3 is 24.7 Å². The molecule has 1 N–H and O–H groups in total. The highest BCUT2D eigenvalue weighted by atomic mass is 19.1. The maximum atomic E-state index is 14.2. The number of nitrogens with zero attached hydrogens (tertiary/aromatic N) is 6. The minimum Gasteiger partial charge on any atom is -0.390 e. The molecule has 1 atom stereocenters. The van der Waals surface area contributed by atoms with E-state index in [1.54, 1.807) is 22.8 Å². The van der Waals surface area contributed by atoms with Gasteiger partial charge in [0.15, 0.2) is 0 Å². The highest BCUT2D eigenvalue weighted by Gasteiger charge is 2.31. The predicted octanol–water partition coefficient (Wildman–Crippen LogP) is 1.55. The summed E-state index contributed by atoms with van der Waals surface area (Å²) in [7, 11) is 0. The van der Waals surface area contributed by atoms with Crippen molar-refractivity contribution >= 4 is 17.6 Å². The lowest BCUT2D eigenvalue weighted by atomic mass is 9.99. The summed E-state index contributed by atoms with van der Waals surface area (Å²) in [4.78, 5) is 38.6. The molecule has 4 heterocycles. The van der Waals surface area contributed by atoms with Crippen LogP contribution in [-0.2, 0) is 24.3 Å². The van der Waals surface area contributed by atoms with Crippen molar-refractivity contribution in [3.8, 4) is 0 Å². The van der Waals surface area contributed by atoms with Crippen LogP contribution in [0.3, 0.4) is 0 Å². The van der Waals surface area contributed by atoms with Crippen LogP contribution in [0.25, 0.3) is 0 Å². The summed E-state index contributed by atoms with van der Waals surface area (Å²) < 4.78 is 14.2. The van der Waals surface area contributed by atoms with Crippen LogP contribution in [0.15, 0.2) is 36.5 Å². The Hall–Kier alpha value is -3.24. The molecule has 0 radical (unpaired) electrons.